The summed E-state index contributed by atoms with van der Waals surface area (Å²) in [6.45, 7) is 2.20. The number of fused-ring (bicyclic) bond motifs is 1. The van der Waals surface area contributed by atoms with E-state index in [1.54, 1.807) is 9.58 Å². The minimum absolute atomic E-state index is 0.0601. The molecule has 4 aromatic rings. The van der Waals surface area contributed by atoms with Gasteiger partial charge in [0.25, 0.3) is 0 Å². The number of nitrogens with two attached hydrogens (primary N) is 2. The standard InChI is InChI=1S/C23H25F4N11O/c1-2-38-16(31-11-35-38)7-30-21(39)22(29)5-6-36(9-22)15-4-3-14(24)17(23(25,26)27)13(15)8-37-12-34-18-19(28)32-10-33-20(18)37/h3-4,10-12H,2,5-9,29H2,1H3,(H,30,39)(H2,28,32,33)/t22-/m1/s1. The number of amides is 1. The molecule has 0 aliphatic carbocycles. The summed E-state index contributed by atoms with van der Waals surface area (Å²) in [7, 11) is 0. The molecule has 5 rings (SSSR count). The van der Waals surface area contributed by atoms with Crippen molar-refractivity contribution >= 4 is 28.6 Å². The number of aryl methyl sites for hydroxylation is 1. The summed E-state index contributed by atoms with van der Waals surface area (Å²) >= 11 is 0. The van der Waals surface area contributed by atoms with Gasteiger partial charge in [0.2, 0.25) is 5.91 Å². The molecule has 1 aromatic carbocycles. The van der Waals surface area contributed by atoms with Crippen LogP contribution in [0.25, 0.3) is 11.2 Å². The number of nitrogens with zero attached hydrogens (tertiary/aromatic N) is 8. The second kappa shape index (κ2) is 9.76. The van der Waals surface area contributed by atoms with E-state index in [1.807, 2.05) is 6.92 Å². The lowest BCUT2D eigenvalue weighted by molar-refractivity contribution is -0.140. The molecule has 3 aromatic heterocycles. The molecule has 1 saturated heterocycles. The van der Waals surface area contributed by atoms with Gasteiger partial charge < -0.3 is 26.3 Å². The maximum Gasteiger partial charge on any atom is 0.419 e. The van der Waals surface area contributed by atoms with Crippen LogP contribution in [0.3, 0.4) is 0 Å². The summed E-state index contributed by atoms with van der Waals surface area (Å²) in [5.74, 6) is -1.30. The van der Waals surface area contributed by atoms with Gasteiger partial charge in [-0.25, -0.2) is 29.0 Å². The number of carbonyl (C=O) groups excluding carboxylic acids is 1. The number of halogens is 4. The molecule has 0 spiro atoms. The molecule has 5 N–H and O–H groups in total. The van der Waals surface area contributed by atoms with Crippen molar-refractivity contribution in [2.75, 3.05) is 23.7 Å². The second-order valence-corrected chi connectivity index (χ2v) is 9.22. The molecule has 16 heteroatoms. The van der Waals surface area contributed by atoms with E-state index < -0.39 is 35.5 Å². The predicted molar refractivity (Wildman–Crippen MR) is 132 cm³/mol. The van der Waals surface area contributed by atoms with Gasteiger partial charge in [0.15, 0.2) is 11.5 Å². The van der Waals surface area contributed by atoms with Gasteiger partial charge in [0, 0.05) is 30.9 Å². The number of carbonyl (C=O) groups is 1. The molecule has 0 unspecified atom stereocenters. The van der Waals surface area contributed by atoms with Crippen LogP contribution in [0.1, 0.15) is 30.3 Å². The van der Waals surface area contributed by atoms with Crippen molar-refractivity contribution in [3.63, 3.8) is 0 Å². The smallest absolute Gasteiger partial charge is 0.382 e. The maximum absolute atomic E-state index is 14.7. The van der Waals surface area contributed by atoms with Crippen LogP contribution in [-0.4, -0.2) is 58.8 Å². The van der Waals surface area contributed by atoms with Gasteiger partial charge in [-0.1, -0.05) is 0 Å². The highest BCUT2D eigenvalue weighted by atomic mass is 19.4. The van der Waals surface area contributed by atoms with Gasteiger partial charge in [-0.05, 0) is 25.5 Å². The lowest BCUT2D eigenvalue weighted by atomic mass is 9.99. The molecule has 0 radical (unpaired) electrons. The first kappa shape index (κ1) is 26.3. The van der Waals surface area contributed by atoms with Crippen LogP contribution in [0.15, 0.2) is 31.1 Å². The van der Waals surface area contributed by atoms with Crippen molar-refractivity contribution in [3.05, 3.63) is 53.9 Å². The summed E-state index contributed by atoms with van der Waals surface area (Å²) < 4.78 is 60.0. The Balaban J connectivity index is 1.46. The van der Waals surface area contributed by atoms with Crippen LogP contribution in [0, 0.1) is 5.82 Å². The van der Waals surface area contributed by atoms with Gasteiger partial charge >= 0.3 is 6.18 Å². The Kier molecular flexibility index (Phi) is 6.57. The summed E-state index contributed by atoms with van der Waals surface area (Å²) in [5, 5.41) is 6.79. The van der Waals surface area contributed by atoms with Crippen molar-refractivity contribution in [1.29, 1.82) is 0 Å². The zero-order valence-corrected chi connectivity index (χ0v) is 20.8. The van der Waals surface area contributed by atoms with E-state index >= 15 is 0 Å². The number of benzene rings is 1. The lowest BCUT2D eigenvalue weighted by Gasteiger charge is -2.27. The number of nitrogen functional groups attached to an aromatic ring is 1. The molecule has 1 amide bonds. The SMILES string of the molecule is CCn1ncnc1CNC(=O)[C@@]1(N)CCN(c2ccc(F)c(C(F)(F)F)c2Cn2cnc3c(N)ncnc32)C1. The topological polar surface area (TPSA) is 159 Å². The van der Waals surface area contributed by atoms with Gasteiger partial charge in [-0.3, -0.25) is 4.79 Å². The molecule has 39 heavy (non-hydrogen) atoms. The molecular weight excluding hydrogens is 522 g/mol. The maximum atomic E-state index is 14.7. The third-order valence-corrected chi connectivity index (χ3v) is 6.77. The van der Waals surface area contributed by atoms with Crippen LogP contribution < -0.4 is 21.7 Å². The normalized spacial score (nSPS) is 17.7. The lowest BCUT2D eigenvalue weighted by Crippen LogP contribution is -2.55. The highest BCUT2D eigenvalue weighted by molar-refractivity contribution is 5.88. The van der Waals surface area contributed by atoms with Gasteiger partial charge in [-0.2, -0.15) is 18.3 Å². The van der Waals surface area contributed by atoms with Crippen LogP contribution in [0.2, 0.25) is 0 Å². The molecule has 1 atom stereocenters. The Labute approximate surface area is 219 Å². The average molecular weight is 548 g/mol. The fraction of sp³-hybridized carbons (Fsp3) is 0.391. The Hall–Kier alpha value is -4.34. The molecule has 1 aliphatic rings. The number of anilines is 2. The predicted octanol–water partition coefficient (Wildman–Crippen LogP) is 1.45. The van der Waals surface area contributed by atoms with Gasteiger partial charge in [0.1, 0.15) is 35.4 Å². The van der Waals surface area contributed by atoms with E-state index in [1.165, 1.54) is 23.3 Å². The summed E-state index contributed by atoms with van der Waals surface area (Å²) in [4.78, 5) is 30.7. The minimum Gasteiger partial charge on any atom is -0.382 e. The van der Waals surface area contributed by atoms with Crippen molar-refractivity contribution in [3.8, 4) is 0 Å². The fourth-order valence-corrected chi connectivity index (χ4v) is 4.80. The minimum atomic E-state index is -4.99. The summed E-state index contributed by atoms with van der Waals surface area (Å²) in [6.07, 6.45) is -1.03. The van der Waals surface area contributed by atoms with Gasteiger partial charge in [0.05, 0.1) is 25.0 Å². The third-order valence-electron chi connectivity index (χ3n) is 6.77. The van der Waals surface area contributed by atoms with Crippen molar-refractivity contribution in [2.45, 2.75) is 44.7 Å². The highest BCUT2D eigenvalue weighted by Gasteiger charge is 2.44. The zero-order valence-electron chi connectivity index (χ0n) is 20.8. The van der Waals surface area contributed by atoms with Crippen LogP contribution in [-0.2, 0) is 30.6 Å². The Morgan fingerprint density at radius 1 is 1.18 bits per heavy atom. The van der Waals surface area contributed by atoms with Gasteiger partial charge in [-0.15, -0.1) is 0 Å². The average Bonchev–Trinajstić information content (AvgIpc) is 3.61. The molecule has 206 valence electrons. The highest BCUT2D eigenvalue weighted by Crippen LogP contribution is 2.40. The Bertz CT molecular complexity index is 1530. The largest absolute Gasteiger partial charge is 0.419 e. The molecule has 1 aliphatic heterocycles. The van der Waals surface area contributed by atoms with E-state index in [0.29, 0.717) is 12.4 Å². The van der Waals surface area contributed by atoms with E-state index in [0.717, 1.165) is 12.4 Å². The van der Waals surface area contributed by atoms with Crippen LogP contribution in [0.5, 0.6) is 0 Å². The summed E-state index contributed by atoms with van der Waals surface area (Å²) in [6, 6.07) is 2.03. The van der Waals surface area contributed by atoms with Crippen molar-refractivity contribution in [2.24, 2.45) is 5.73 Å². The first-order chi connectivity index (χ1) is 18.5. The Morgan fingerprint density at radius 3 is 2.72 bits per heavy atom. The van der Waals surface area contributed by atoms with E-state index in [4.69, 9.17) is 11.5 Å². The Morgan fingerprint density at radius 2 is 1.97 bits per heavy atom. The van der Waals surface area contributed by atoms with Crippen LogP contribution in [0.4, 0.5) is 29.1 Å². The monoisotopic (exact) mass is 547 g/mol. The number of alkyl halides is 3. The molecule has 4 heterocycles. The zero-order chi connectivity index (χ0) is 27.9. The molecule has 12 nitrogen and oxygen atoms in total. The van der Waals surface area contributed by atoms with Crippen molar-refractivity contribution < 1.29 is 22.4 Å². The third kappa shape index (κ3) is 4.82. The van der Waals surface area contributed by atoms with E-state index in [2.05, 4.69) is 30.4 Å². The first-order valence-corrected chi connectivity index (χ1v) is 12.0. The molecule has 0 saturated carbocycles. The quantitative estimate of drug-likeness (QED) is 0.291. The van der Waals surface area contributed by atoms with Crippen LogP contribution >= 0.6 is 0 Å². The van der Waals surface area contributed by atoms with Crippen molar-refractivity contribution in [1.82, 2.24) is 39.6 Å². The molecule has 1 fully saturated rings. The summed E-state index contributed by atoms with van der Waals surface area (Å²) in [5.41, 5.74) is 9.58. The number of imidazole rings is 1. The van der Waals surface area contributed by atoms with E-state index in [-0.39, 0.29) is 54.3 Å². The fourth-order valence-electron chi connectivity index (χ4n) is 4.80. The van der Waals surface area contributed by atoms with E-state index in [9.17, 15) is 22.4 Å². The second-order valence-electron chi connectivity index (χ2n) is 9.22. The first-order valence-electron chi connectivity index (χ1n) is 12.0. The number of rotatable bonds is 7. The molecule has 0 bridgehead atoms. The number of aromatic nitrogens is 7. The number of hydrogen-bond donors (Lipinski definition) is 3. The number of nitrogens with one attached hydrogen (secondary N) is 1. The number of hydrogen-bond acceptors (Lipinski definition) is 9. The molecular formula is C23H25F4N11O.